The molecule has 15 heavy (non-hydrogen) atoms. The molecule has 1 unspecified atom stereocenters. The van der Waals surface area contributed by atoms with Crippen LogP contribution in [0.5, 0.6) is 5.75 Å². The zero-order chi connectivity index (χ0) is 11.3. The lowest BCUT2D eigenvalue weighted by Crippen LogP contribution is -2.14. The maximum absolute atomic E-state index is 10.4. The average molecular weight is 215 g/mol. The van der Waals surface area contributed by atoms with Crippen LogP contribution in [0.3, 0.4) is 0 Å². The molecule has 1 aromatic heterocycles. The SMILES string of the molecule is COc1ccoc1C(CCO)C[N+](=O)[O-]. The number of hydrogen-bond donors (Lipinski definition) is 1. The van der Waals surface area contributed by atoms with Crippen molar-refractivity contribution in [2.24, 2.45) is 0 Å². The van der Waals surface area contributed by atoms with Gasteiger partial charge >= 0.3 is 0 Å². The molecule has 0 saturated carbocycles. The van der Waals surface area contributed by atoms with Crippen molar-refractivity contribution in [2.75, 3.05) is 20.3 Å². The minimum absolute atomic E-state index is 0.123. The van der Waals surface area contributed by atoms with Crippen molar-refractivity contribution in [3.05, 3.63) is 28.2 Å². The summed E-state index contributed by atoms with van der Waals surface area (Å²) in [4.78, 5) is 9.99. The Kier molecular flexibility index (Phi) is 4.11. The summed E-state index contributed by atoms with van der Waals surface area (Å²) in [5.74, 6) is 0.452. The number of ether oxygens (including phenoxy) is 1. The molecule has 0 fully saturated rings. The second kappa shape index (κ2) is 5.35. The molecule has 0 aliphatic carbocycles. The highest BCUT2D eigenvalue weighted by Gasteiger charge is 2.24. The van der Waals surface area contributed by atoms with E-state index in [0.29, 0.717) is 11.5 Å². The van der Waals surface area contributed by atoms with Crippen LogP contribution in [-0.4, -0.2) is 30.3 Å². The largest absolute Gasteiger partial charge is 0.493 e. The molecule has 0 aliphatic rings. The average Bonchev–Trinajstić information content (AvgIpc) is 2.64. The van der Waals surface area contributed by atoms with Crippen molar-refractivity contribution < 1.29 is 19.2 Å². The van der Waals surface area contributed by atoms with Crippen molar-refractivity contribution in [1.29, 1.82) is 0 Å². The van der Waals surface area contributed by atoms with Gasteiger partial charge in [-0.2, -0.15) is 0 Å². The fourth-order valence-corrected chi connectivity index (χ4v) is 1.42. The third-order valence-corrected chi connectivity index (χ3v) is 2.09. The van der Waals surface area contributed by atoms with Crippen molar-refractivity contribution in [1.82, 2.24) is 0 Å². The summed E-state index contributed by atoms with van der Waals surface area (Å²) in [5.41, 5.74) is 0. The molecule has 0 bridgehead atoms. The van der Waals surface area contributed by atoms with Crippen LogP contribution in [0.2, 0.25) is 0 Å². The molecule has 0 radical (unpaired) electrons. The molecular weight excluding hydrogens is 202 g/mol. The van der Waals surface area contributed by atoms with E-state index < -0.39 is 10.8 Å². The number of furan rings is 1. The van der Waals surface area contributed by atoms with E-state index in [2.05, 4.69) is 0 Å². The molecule has 1 aromatic rings. The topological polar surface area (TPSA) is 85.7 Å². The summed E-state index contributed by atoms with van der Waals surface area (Å²) < 4.78 is 10.1. The van der Waals surface area contributed by atoms with Gasteiger partial charge in [0.2, 0.25) is 6.54 Å². The minimum atomic E-state index is -0.449. The second-order valence-corrected chi connectivity index (χ2v) is 3.08. The first kappa shape index (κ1) is 11.5. The Bertz CT molecular complexity index is 322. The summed E-state index contributed by atoms with van der Waals surface area (Å²) in [6.45, 7) is -0.396. The lowest BCUT2D eigenvalue weighted by Gasteiger charge is -2.09. The summed E-state index contributed by atoms with van der Waals surface area (Å²) in [5, 5.41) is 19.2. The molecule has 0 spiro atoms. The smallest absolute Gasteiger partial charge is 0.213 e. The Labute approximate surface area is 86.6 Å². The van der Waals surface area contributed by atoms with Gasteiger partial charge in [0.05, 0.1) is 19.3 Å². The summed E-state index contributed by atoms with van der Waals surface area (Å²) in [7, 11) is 1.47. The molecule has 84 valence electrons. The van der Waals surface area contributed by atoms with E-state index in [4.69, 9.17) is 14.3 Å². The predicted octanol–water partition coefficient (Wildman–Crippen LogP) is 1.03. The Morgan fingerprint density at radius 3 is 3.00 bits per heavy atom. The van der Waals surface area contributed by atoms with E-state index >= 15 is 0 Å². The minimum Gasteiger partial charge on any atom is -0.493 e. The first-order valence-electron chi connectivity index (χ1n) is 4.53. The fourth-order valence-electron chi connectivity index (χ4n) is 1.42. The van der Waals surface area contributed by atoms with Crippen molar-refractivity contribution >= 4 is 0 Å². The highest BCUT2D eigenvalue weighted by atomic mass is 16.6. The quantitative estimate of drug-likeness (QED) is 0.565. The summed E-state index contributed by atoms with van der Waals surface area (Å²) in [6, 6.07) is 1.60. The highest BCUT2D eigenvalue weighted by Crippen LogP contribution is 2.29. The number of nitrogens with zero attached hydrogens (tertiary/aromatic N) is 1. The van der Waals surface area contributed by atoms with Gasteiger partial charge < -0.3 is 14.3 Å². The molecule has 6 heteroatoms. The van der Waals surface area contributed by atoms with Gasteiger partial charge in [0.15, 0.2) is 11.5 Å². The van der Waals surface area contributed by atoms with Gasteiger partial charge in [-0.15, -0.1) is 0 Å². The van der Waals surface area contributed by atoms with Crippen LogP contribution in [0.25, 0.3) is 0 Å². The normalized spacial score (nSPS) is 12.4. The Morgan fingerprint density at radius 1 is 1.73 bits per heavy atom. The van der Waals surface area contributed by atoms with E-state index in [1.807, 2.05) is 0 Å². The fraction of sp³-hybridized carbons (Fsp3) is 0.556. The van der Waals surface area contributed by atoms with Crippen molar-refractivity contribution in [3.8, 4) is 5.75 Å². The maximum atomic E-state index is 10.4. The van der Waals surface area contributed by atoms with Crippen LogP contribution in [0.4, 0.5) is 0 Å². The van der Waals surface area contributed by atoms with Gasteiger partial charge in [0.1, 0.15) is 0 Å². The van der Waals surface area contributed by atoms with E-state index in [1.165, 1.54) is 13.4 Å². The molecule has 0 amide bonds. The van der Waals surface area contributed by atoms with Gasteiger partial charge in [-0.25, -0.2) is 0 Å². The molecule has 1 heterocycles. The van der Waals surface area contributed by atoms with E-state index in [9.17, 15) is 10.1 Å². The van der Waals surface area contributed by atoms with Gasteiger partial charge in [0.25, 0.3) is 0 Å². The number of rotatable bonds is 6. The molecule has 1 rings (SSSR count). The summed E-state index contributed by atoms with van der Waals surface area (Å²) >= 11 is 0. The van der Waals surface area contributed by atoms with Crippen LogP contribution in [-0.2, 0) is 0 Å². The Balaban J connectivity index is 2.82. The molecule has 0 saturated heterocycles. The van der Waals surface area contributed by atoms with Crippen molar-refractivity contribution in [2.45, 2.75) is 12.3 Å². The van der Waals surface area contributed by atoms with E-state index in [0.717, 1.165) is 0 Å². The third-order valence-electron chi connectivity index (χ3n) is 2.09. The number of nitro groups is 1. The monoisotopic (exact) mass is 215 g/mol. The first-order chi connectivity index (χ1) is 7.19. The first-order valence-corrected chi connectivity index (χ1v) is 4.53. The molecule has 6 nitrogen and oxygen atoms in total. The maximum Gasteiger partial charge on any atom is 0.213 e. The standard InChI is InChI=1S/C9H13NO5/c1-14-8-3-5-15-9(8)7(2-4-11)6-10(12)13/h3,5,7,11H,2,4,6H2,1H3. The lowest BCUT2D eigenvalue weighted by molar-refractivity contribution is -0.484. The van der Waals surface area contributed by atoms with Crippen LogP contribution < -0.4 is 4.74 Å². The predicted molar refractivity (Wildman–Crippen MR) is 51.6 cm³/mol. The highest BCUT2D eigenvalue weighted by molar-refractivity contribution is 5.27. The van der Waals surface area contributed by atoms with Crippen LogP contribution in [0.1, 0.15) is 18.1 Å². The van der Waals surface area contributed by atoms with Gasteiger partial charge in [0, 0.05) is 17.6 Å². The van der Waals surface area contributed by atoms with Gasteiger partial charge in [-0.05, 0) is 6.42 Å². The molecule has 0 aliphatic heterocycles. The van der Waals surface area contributed by atoms with Crippen LogP contribution in [0, 0.1) is 10.1 Å². The number of hydrogen-bond acceptors (Lipinski definition) is 5. The van der Waals surface area contributed by atoms with E-state index in [1.54, 1.807) is 6.07 Å². The van der Waals surface area contributed by atoms with Crippen molar-refractivity contribution in [3.63, 3.8) is 0 Å². The van der Waals surface area contributed by atoms with Gasteiger partial charge in [-0.3, -0.25) is 10.1 Å². The van der Waals surface area contributed by atoms with Crippen LogP contribution in [0.15, 0.2) is 16.7 Å². The molecule has 1 N–H and O–H groups in total. The molecule has 0 aromatic carbocycles. The number of aliphatic hydroxyl groups excluding tert-OH is 1. The Morgan fingerprint density at radius 2 is 2.47 bits per heavy atom. The zero-order valence-electron chi connectivity index (χ0n) is 8.38. The van der Waals surface area contributed by atoms with Gasteiger partial charge in [-0.1, -0.05) is 0 Å². The third kappa shape index (κ3) is 2.95. The lowest BCUT2D eigenvalue weighted by atomic mass is 10.0. The van der Waals surface area contributed by atoms with Crippen LogP contribution >= 0.6 is 0 Å². The van der Waals surface area contributed by atoms with E-state index in [-0.39, 0.29) is 19.6 Å². The second-order valence-electron chi connectivity index (χ2n) is 3.08. The number of methoxy groups -OCH3 is 1. The summed E-state index contributed by atoms with van der Waals surface area (Å²) in [6.07, 6.45) is 1.70. The molecule has 1 atom stereocenters. The zero-order valence-corrected chi connectivity index (χ0v) is 8.38. The molecular formula is C9H13NO5. The number of aliphatic hydroxyl groups is 1. The Hall–Kier alpha value is -1.56.